The van der Waals surface area contributed by atoms with Crippen molar-refractivity contribution >= 4 is 11.8 Å². The number of nitrogens with two attached hydrogens (primary N) is 1. The molecule has 1 aromatic heterocycles. The fourth-order valence-electron chi connectivity index (χ4n) is 0.979. The molecule has 0 aliphatic heterocycles. The molecule has 0 saturated heterocycles. The molecular formula is C8H17N5OS. The van der Waals surface area contributed by atoms with Crippen molar-refractivity contribution in [1.82, 2.24) is 20.2 Å². The Morgan fingerprint density at radius 2 is 2.33 bits per heavy atom. The van der Waals surface area contributed by atoms with E-state index >= 15 is 0 Å². The van der Waals surface area contributed by atoms with E-state index in [-0.39, 0.29) is 6.10 Å². The van der Waals surface area contributed by atoms with Crippen LogP contribution in [0.5, 0.6) is 0 Å². The number of thioether (sulfide) groups is 1. The maximum absolute atomic E-state index is 5.43. The van der Waals surface area contributed by atoms with Gasteiger partial charge >= 0.3 is 0 Å². The third kappa shape index (κ3) is 4.59. The fraction of sp³-hybridized carbons (Fsp3) is 0.875. The molecule has 86 valence electrons. The molecule has 0 radical (unpaired) electrons. The van der Waals surface area contributed by atoms with Gasteiger partial charge in [0.2, 0.25) is 5.16 Å². The largest absolute Gasteiger partial charge is 0.378 e. The highest BCUT2D eigenvalue weighted by Crippen LogP contribution is 2.12. The molecule has 0 amide bonds. The van der Waals surface area contributed by atoms with E-state index in [9.17, 15) is 0 Å². The van der Waals surface area contributed by atoms with E-state index < -0.39 is 0 Å². The van der Waals surface area contributed by atoms with Crippen LogP contribution in [0.3, 0.4) is 0 Å². The first-order chi connectivity index (χ1) is 7.24. The predicted octanol–water partition coefficient (Wildman–Crippen LogP) is 0.149. The normalized spacial score (nSPS) is 11.2. The van der Waals surface area contributed by atoms with Crippen LogP contribution in [0.4, 0.5) is 0 Å². The zero-order chi connectivity index (χ0) is 11.1. The molecule has 1 rings (SSSR count). The van der Waals surface area contributed by atoms with Crippen LogP contribution < -0.4 is 5.73 Å². The number of hydrogen-bond donors (Lipinski definition) is 1. The number of tetrazole rings is 1. The molecule has 0 bridgehead atoms. The average Bonchev–Trinajstić information content (AvgIpc) is 2.61. The summed E-state index contributed by atoms with van der Waals surface area (Å²) in [5.41, 5.74) is 5.43. The van der Waals surface area contributed by atoms with Crippen LogP contribution in [0.1, 0.15) is 13.8 Å². The smallest absolute Gasteiger partial charge is 0.209 e. The first-order valence-corrected chi connectivity index (χ1v) is 5.93. The summed E-state index contributed by atoms with van der Waals surface area (Å²) in [6, 6.07) is 0. The monoisotopic (exact) mass is 231 g/mol. The summed E-state index contributed by atoms with van der Waals surface area (Å²) in [6.07, 6.45) is 0.269. The van der Waals surface area contributed by atoms with E-state index in [0.29, 0.717) is 19.7 Å². The van der Waals surface area contributed by atoms with Crippen LogP contribution in [-0.4, -0.2) is 45.2 Å². The number of aromatic nitrogens is 4. The Morgan fingerprint density at radius 1 is 1.53 bits per heavy atom. The van der Waals surface area contributed by atoms with Gasteiger partial charge < -0.3 is 10.5 Å². The van der Waals surface area contributed by atoms with E-state index in [1.807, 2.05) is 13.8 Å². The summed E-state index contributed by atoms with van der Waals surface area (Å²) in [6.45, 7) is 5.94. The van der Waals surface area contributed by atoms with Gasteiger partial charge in [-0.15, -0.1) is 5.10 Å². The molecule has 0 atom stereocenters. The van der Waals surface area contributed by atoms with E-state index in [1.54, 1.807) is 16.4 Å². The third-order valence-corrected chi connectivity index (χ3v) is 2.53. The minimum Gasteiger partial charge on any atom is -0.378 e. The maximum atomic E-state index is 5.43. The predicted molar refractivity (Wildman–Crippen MR) is 58.7 cm³/mol. The third-order valence-electron chi connectivity index (χ3n) is 1.61. The molecule has 1 heterocycles. The zero-order valence-corrected chi connectivity index (χ0v) is 9.90. The van der Waals surface area contributed by atoms with Gasteiger partial charge in [0, 0.05) is 12.3 Å². The molecule has 2 N–H and O–H groups in total. The standard InChI is InChI=1S/C8H17N5OS/c1-7(2)14-5-6-15-8-10-11-12-13(8)4-3-9/h7H,3-6,9H2,1-2H3. The number of nitrogens with zero attached hydrogens (tertiary/aromatic N) is 4. The lowest BCUT2D eigenvalue weighted by molar-refractivity contribution is 0.0920. The first-order valence-electron chi connectivity index (χ1n) is 4.94. The Kier molecular flexibility index (Phi) is 5.59. The molecule has 0 aromatic carbocycles. The molecule has 0 saturated carbocycles. The molecular weight excluding hydrogens is 214 g/mol. The zero-order valence-electron chi connectivity index (χ0n) is 9.09. The topological polar surface area (TPSA) is 78.9 Å². The molecule has 15 heavy (non-hydrogen) atoms. The van der Waals surface area contributed by atoms with Crippen molar-refractivity contribution in [2.45, 2.75) is 31.7 Å². The summed E-state index contributed by atoms with van der Waals surface area (Å²) in [4.78, 5) is 0. The molecule has 1 aromatic rings. The first kappa shape index (κ1) is 12.4. The molecule has 0 spiro atoms. The highest BCUT2D eigenvalue weighted by molar-refractivity contribution is 7.99. The van der Waals surface area contributed by atoms with Crippen LogP contribution in [0.2, 0.25) is 0 Å². The average molecular weight is 231 g/mol. The van der Waals surface area contributed by atoms with Gasteiger partial charge in [-0.05, 0) is 24.3 Å². The van der Waals surface area contributed by atoms with Gasteiger partial charge in [-0.1, -0.05) is 11.8 Å². The van der Waals surface area contributed by atoms with Gasteiger partial charge in [0.15, 0.2) is 0 Å². The summed E-state index contributed by atoms with van der Waals surface area (Å²) < 4.78 is 7.12. The minimum absolute atomic E-state index is 0.269. The second-order valence-corrected chi connectivity index (χ2v) is 4.30. The van der Waals surface area contributed by atoms with Crippen LogP contribution in [0, 0.1) is 0 Å². The Labute approximate surface area is 93.5 Å². The summed E-state index contributed by atoms with van der Waals surface area (Å²) in [7, 11) is 0. The van der Waals surface area contributed by atoms with Crippen molar-refractivity contribution in [3.05, 3.63) is 0 Å². The van der Waals surface area contributed by atoms with Crippen molar-refractivity contribution in [2.75, 3.05) is 18.9 Å². The fourth-order valence-corrected chi connectivity index (χ4v) is 1.71. The number of rotatable bonds is 7. The number of hydrogen-bond acceptors (Lipinski definition) is 6. The summed E-state index contributed by atoms with van der Waals surface area (Å²) >= 11 is 1.58. The highest BCUT2D eigenvalue weighted by Gasteiger charge is 2.05. The van der Waals surface area contributed by atoms with E-state index in [2.05, 4.69) is 15.5 Å². The maximum Gasteiger partial charge on any atom is 0.209 e. The Bertz CT molecular complexity index is 278. The van der Waals surface area contributed by atoms with Crippen molar-refractivity contribution < 1.29 is 4.74 Å². The lowest BCUT2D eigenvalue weighted by Gasteiger charge is -2.06. The van der Waals surface area contributed by atoms with Crippen molar-refractivity contribution in [3.63, 3.8) is 0 Å². The van der Waals surface area contributed by atoms with Gasteiger partial charge in [0.1, 0.15) is 0 Å². The van der Waals surface area contributed by atoms with E-state index in [4.69, 9.17) is 10.5 Å². The van der Waals surface area contributed by atoms with Crippen LogP contribution in [-0.2, 0) is 11.3 Å². The van der Waals surface area contributed by atoms with Gasteiger partial charge in [-0.3, -0.25) is 0 Å². The van der Waals surface area contributed by atoms with Crippen molar-refractivity contribution in [2.24, 2.45) is 5.73 Å². The molecule has 0 fully saturated rings. The lowest BCUT2D eigenvalue weighted by Crippen LogP contribution is -2.12. The SMILES string of the molecule is CC(C)OCCSc1nnnn1CCN. The minimum atomic E-state index is 0.269. The summed E-state index contributed by atoms with van der Waals surface area (Å²) in [5.74, 6) is 0.850. The second-order valence-electron chi connectivity index (χ2n) is 3.24. The van der Waals surface area contributed by atoms with Crippen molar-refractivity contribution in [3.8, 4) is 0 Å². The Balaban J connectivity index is 2.27. The highest BCUT2D eigenvalue weighted by atomic mass is 32.2. The second kappa shape index (κ2) is 6.76. The van der Waals surface area contributed by atoms with Crippen molar-refractivity contribution in [1.29, 1.82) is 0 Å². The molecule has 0 aliphatic carbocycles. The van der Waals surface area contributed by atoms with E-state index in [1.165, 1.54) is 0 Å². The Morgan fingerprint density at radius 3 is 3.00 bits per heavy atom. The van der Waals surface area contributed by atoms with Crippen LogP contribution in [0.15, 0.2) is 5.16 Å². The van der Waals surface area contributed by atoms with E-state index in [0.717, 1.165) is 10.9 Å². The molecule has 0 aliphatic rings. The van der Waals surface area contributed by atoms with Gasteiger partial charge in [-0.2, -0.15) is 0 Å². The van der Waals surface area contributed by atoms with Gasteiger partial charge in [-0.25, -0.2) is 4.68 Å². The van der Waals surface area contributed by atoms with Crippen LogP contribution in [0.25, 0.3) is 0 Å². The number of ether oxygens (including phenoxy) is 1. The van der Waals surface area contributed by atoms with Gasteiger partial charge in [0.05, 0.1) is 19.3 Å². The van der Waals surface area contributed by atoms with Gasteiger partial charge in [0.25, 0.3) is 0 Å². The molecule has 6 nitrogen and oxygen atoms in total. The Hall–Kier alpha value is -0.660. The molecule has 7 heteroatoms. The quantitative estimate of drug-likeness (QED) is 0.531. The van der Waals surface area contributed by atoms with Crippen LogP contribution >= 0.6 is 11.8 Å². The lowest BCUT2D eigenvalue weighted by atomic mass is 10.5. The molecule has 0 unspecified atom stereocenters. The summed E-state index contributed by atoms with van der Waals surface area (Å²) in [5, 5.41) is 12.1.